The van der Waals surface area contributed by atoms with Crippen molar-refractivity contribution < 1.29 is 9.53 Å². The maximum absolute atomic E-state index is 12.4. The fourth-order valence-corrected chi connectivity index (χ4v) is 2.72. The van der Waals surface area contributed by atoms with Crippen molar-refractivity contribution >= 4 is 23.3 Å². The minimum absolute atomic E-state index is 0.0486. The van der Waals surface area contributed by atoms with E-state index in [9.17, 15) is 4.79 Å². The first-order chi connectivity index (χ1) is 9.74. The first kappa shape index (κ1) is 13.7. The molecule has 3 rings (SSSR count). The molecule has 108 valence electrons. The summed E-state index contributed by atoms with van der Waals surface area (Å²) >= 11 is 6.09. The van der Waals surface area contributed by atoms with E-state index in [1.807, 2.05) is 23.1 Å². The van der Waals surface area contributed by atoms with Crippen LogP contribution in [0.15, 0.2) is 24.3 Å². The van der Waals surface area contributed by atoms with Gasteiger partial charge < -0.3 is 15.0 Å². The van der Waals surface area contributed by atoms with E-state index in [0.29, 0.717) is 22.7 Å². The molecule has 4 nitrogen and oxygen atoms in total. The first-order valence-corrected chi connectivity index (χ1v) is 7.52. The third-order valence-corrected chi connectivity index (χ3v) is 4.17. The Kier molecular flexibility index (Phi) is 4.13. The van der Waals surface area contributed by atoms with Gasteiger partial charge in [-0.25, -0.2) is 4.79 Å². The normalized spacial score (nSPS) is 21.8. The first-order valence-electron chi connectivity index (χ1n) is 7.14. The van der Waals surface area contributed by atoms with Crippen LogP contribution in [0.25, 0.3) is 0 Å². The van der Waals surface area contributed by atoms with Crippen LogP contribution in [0, 0.1) is 5.92 Å². The van der Waals surface area contributed by atoms with Gasteiger partial charge in [0.2, 0.25) is 0 Å². The molecule has 20 heavy (non-hydrogen) atoms. The molecule has 0 bridgehead atoms. The topological polar surface area (TPSA) is 41.6 Å². The number of carbonyl (C=O) groups excluding carboxylic acids is 1. The van der Waals surface area contributed by atoms with Gasteiger partial charge >= 0.3 is 6.03 Å². The lowest BCUT2D eigenvalue weighted by Crippen LogP contribution is -2.40. The number of nitrogens with one attached hydrogen (secondary N) is 1. The van der Waals surface area contributed by atoms with Gasteiger partial charge in [0.1, 0.15) is 0 Å². The maximum Gasteiger partial charge on any atom is 0.322 e. The Morgan fingerprint density at radius 3 is 2.80 bits per heavy atom. The molecule has 1 aliphatic carbocycles. The van der Waals surface area contributed by atoms with Crippen LogP contribution in [0.2, 0.25) is 5.02 Å². The number of rotatable bonds is 4. The highest BCUT2D eigenvalue weighted by molar-refractivity contribution is 6.33. The molecular weight excluding hydrogens is 276 g/mol. The molecule has 2 aliphatic rings. The number of ether oxygens (including phenoxy) is 1. The Labute approximate surface area is 124 Å². The number of halogens is 1. The van der Waals surface area contributed by atoms with Crippen molar-refractivity contribution in [2.75, 3.05) is 25.1 Å². The van der Waals surface area contributed by atoms with Crippen molar-refractivity contribution in [3.63, 3.8) is 0 Å². The van der Waals surface area contributed by atoms with E-state index in [1.54, 1.807) is 6.07 Å². The van der Waals surface area contributed by atoms with Crippen molar-refractivity contribution in [3.05, 3.63) is 29.3 Å². The SMILES string of the molecule is O=C(Nc1ccccc1Cl)N(C[C@H]1CCOC1)C1CC1. The quantitative estimate of drug-likeness (QED) is 0.925. The summed E-state index contributed by atoms with van der Waals surface area (Å²) in [5.74, 6) is 0.465. The van der Waals surface area contributed by atoms with Crippen molar-refractivity contribution in [2.45, 2.75) is 25.3 Å². The highest BCUT2D eigenvalue weighted by Gasteiger charge is 2.35. The molecular formula is C15H19ClN2O2. The number of hydrogen-bond donors (Lipinski definition) is 1. The van der Waals surface area contributed by atoms with Gasteiger partial charge in [0, 0.05) is 25.1 Å². The van der Waals surface area contributed by atoms with Crippen molar-refractivity contribution in [2.24, 2.45) is 5.92 Å². The fraction of sp³-hybridized carbons (Fsp3) is 0.533. The minimum Gasteiger partial charge on any atom is -0.381 e. The number of carbonyl (C=O) groups is 1. The summed E-state index contributed by atoms with van der Waals surface area (Å²) in [6, 6.07) is 7.67. The second-order valence-electron chi connectivity index (χ2n) is 5.52. The predicted molar refractivity (Wildman–Crippen MR) is 79.1 cm³/mol. The number of anilines is 1. The number of urea groups is 1. The molecule has 2 fully saturated rings. The number of nitrogens with zero attached hydrogens (tertiary/aromatic N) is 1. The summed E-state index contributed by atoms with van der Waals surface area (Å²) in [6.45, 7) is 2.36. The number of para-hydroxylation sites is 1. The predicted octanol–water partition coefficient (Wildman–Crippen LogP) is 3.37. The standard InChI is InChI=1S/C15H19ClN2O2/c16-13-3-1-2-4-14(13)17-15(19)18(12-5-6-12)9-11-7-8-20-10-11/h1-4,11-12H,5-10H2,(H,17,19)/t11-/m1/s1. The van der Waals surface area contributed by atoms with Gasteiger partial charge in [-0.3, -0.25) is 0 Å². The largest absolute Gasteiger partial charge is 0.381 e. The van der Waals surface area contributed by atoms with Gasteiger partial charge in [0.05, 0.1) is 17.3 Å². The van der Waals surface area contributed by atoms with E-state index in [-0.39, 0.29) is 6.03 Å². The minimum atomic E-state index is -0.0486. The van der Waals surface area contributed by atoms with Crippen molar-refractivity contribution in [1.29, 1.82) is 0 Å². The third kappa shape index (κ3) is 3.25. The van der Waals surface area contributed by atoms with Crippen LogP contribution in [0.5, 0.6) is 0 Å². The van der Waals surface area contributed by atoms with Crippen LogP contribution in [0.4, 0.5) is 10.5 Å². The second-order valence-corrected chi connectivity index (χ2v) is 5.93. The van der Waals surface area contributed by atoms with Crippen LogP contribution < -0.4 is 5.32 Å². The van der Waals surface area contributed by atoms with E-state index in [0.717, 1.165) is 39.0 Å². The van der Waals surface area contributed by atoms with E-state index in [4.69, 9.17) is 16.3 Å². The molecule has 0 unspecified atom stereocenters. The van der Waals surface area contributed by atoms with Gasteiger partial charge in [0.15, 0.2) is 0 Å². The summed E-state index contributed by atoms with van der Waals surface area (Å²) in [6.07, 6.45) is 3.25. The molecule has 1 saturated carbocycles. The molecule has 1 N–H and O–H groups in total. The molecule has 1 atom stereocenters. The molecule has 0 radical (unpaired) electrons. The summed E-state index contributed by atoms with van der Waals surface area (Å²) in [5, 5.41) is 3.49. The van der Waals surface area contributed by atoms with Gasteiger partial charge in [-0.15, -0.1) is 0 Å². The lowest BCUT2D eigenvalue weighted by atomic mass is 10.1. The second kappa shape index (κ2) is 6.02. The van der Waals surface area contributed by atoms with Crippen LogP contribution >= 0.6 is 11.6 Å². The van der Waals surface area contributed by atoms with Crippen LogP contribution in [-0.2, 0) is 4.74 Å². The highest BCUT2D eigenvalue weighted by Crippen LogP contribution is 2.30. The van der Waals surface area contributed by atoms with Crippen molar-refractivity contribution in [1.82, 2.24) is 4.90 Å². The van der Waals surface area contributed by atoms with E-state index in [1.165, 1.54) is 0 Å². The van der Waals surface area contributed by atoms with Gasteiger partial charge in [-0.1, -0.05) is 23.7 Å². The zero-order chi connectivity index (χ0) is 13.9. The van der Waals surface area contributed by atoms with Gasteiger partial charge in [0.25, 0.3) is 0 Å². The molecule has 2 amide bonds. The molecule has 1 aromatic carbocycles. The molecule has 1 aliphatic heterocycles. The number of amides is 2. The van der Waals surface area contributed by atoms with Crippen molar-refractivity contribution in [3.8, 4) is 0 Å². The Balaban J connectivity index is 1.64. The van der Waals surface area contributed by atoms with Gasteiger partial charge in [-0.2, -0.15) is 0 Å². The number of hydrogen-bond acceptors (Lipinski definition) is 2. The van der Waals surface area contributed by atoms with E-state index >= 15 is 0 Å². The smallest absolute Gasteiger partial charge is 0.322 e. The summed E-state index contributed by atoms with van der Waals surface area (Å²) in [4.78, 5) is 14.4. The summed E-state index contributed by atoms with van der Waals surface area (Å²) in [5.41, 5.74) is 0.674. The van der Waals surface area contributed by atoms with E-state index in [2.05, 4.69) is 5.32 Å². The van der Waals surface area contributed by atoms with Crippen LogP contribution in [-0.4, -0.2) is 36.7 Å². The molecule has 0 spiro atoms. The Morgan fingerprint density at radius 1 is 1.35 bits per heavy atom. The Morgan fingerprint density at radius 2 is 2.15 bits per heavy atom. The molecule has 0 aromatic heterocycles. The monoisotopic (exact) mass is 294 g/mol. The maximum atomic E-state index is 12.4. The summed E-state index contributed by atoms with van der Waals surface area (Å²) < 4.78 is 5.40. The molecule has 1 heterocycles. The number of benzene rings is 1. The zero-order valence-corrected chi connectivity index (χ0v) is 12.1. The van der Waals surface area contributed by atoms with E-state index < -0.39 is 0 Å². The van der Waals surface area contributed by atoms with Crippen LogP contribution in [0.3, 0.4) is 0 Å². The lowest BCUT2D eigenvalue weighted by molar-refractivity contribution is 0.167. The highest BCUT2D eigenvalue weighted by atomic mass is 35.5. The third-order valence-electron chi connectivity index (χ3n) is 3.84. The Hall–Kier alpha value is -1.26. The Bertz CT molecular complexity index is 485. The average Bonchev–Trinajstić information content (AvgIpc) is 3.15. The molecule has 1 aromatic rings. The van der Waals surface area contributed by atoms with Crippen LogP contribution in [0.1, 0.15) is 19.3 Å². The lowest BCUT2D eigenvalue weighted by Gasteiger charge is -2.25. The fourth-order valence-electron chi connectivity index (χ4n) is 2.54. The van der Waals surface area contributed by atoms with Gasteiger partial charge in [-0.05, 0) is 31.4 Å². The molecule has 5 heteroatoms. The zero-order valence-electron chi connectivity index (χ0n) is 11.3. The average molecular weight is 295 g/mol. The molecule has 1 saturated heterocycles. The summed E-state index contributed by atoms with van der Waals surface area (Å²) in [7, 11) is 0.